The van der Waals surface area contributed by atoms with Crippen LogP contribution in [0, 0.1) is 6.57 Å². The van der Waals surface area contributed by atoms with Crippen molar-refractivity contribution in [1.29, 1.82) is 0 Å². The van der Waals surface area contributed by atoms with Crippen molar-refractivity contribution in [2.45, 2.75) is 37.8 Å². The van der Waals surface area contributed by atoms with Crippen molar-refractivity contribution < 1.29 is 19.2 Å². The summed E-state index contributed by atoms with van der Waals surface area (Å²) in [4.78, 5) is 64.3. The minimum absolute atomic E-state index is 0.0647. The number of nitrogens with zero attached hydrogens (tertiary/aromatic N) is 9. The van der Waals surface area contributed by atoms with E-state index in [0.29, 0.717) is 35.9 Å². The lowest BCUT2D eigenvalue weighted by molar-refractivity contribution is -0.134. The van der Waals surface area contributed by atoms with E-state index in [1.165, 1.54) is 0 Å². The summed E-state index contributed by atoms with van der Waals surface area (Å²) < 4.78 is 1.78. The van der Waals surface area contributed by atoms with Gasteiger partial charge in [0.2, 0.25) is 22.6 Å². The van der Waals surface area contributed by atoms with Gasteiger partial charge in [0.15, 0.2) is 5.01 Å². The number of aromatic nitrogens is 5. The molecule has 3 fully saturated rings. The second-order valence-corrected chi connectivity index (χ2v) is 14.7. The van der Waals surface area contributed by atoms with Gasteiger partial charge in [-0.2, -0.15) is 5.10 Å². The summed E-state index contributed by atoms with van der Waals surface area (Å²) in [6.45, 7) is 12.0. The van der Waals surface area contributed by atoms with E-state index >= 15 is 0 Å². The zero-order chi connectivity index (χ0) is 38.1. The van der Waals surface area contributed by atoms with Crippen LogP contribution in [-0.4, -0.2) is 117 Å². The molecule has 1 aromatic carbocycles. The Balaban J connectivity index is 0.827. The van der Waals surface area contributed by atoms with E-state index in [2.05, 4.69) is 45.9 Å². The van der Waals surface area contributed by atoms with Gasteiger partial charge in [0.1, 0.15) is 6.04 Å². The minimum atomic E-state index is -0.758. The molecule has 8 rings (SSSR count). The molecule has 0 radical (unpaired) electrons. The molecule has 0 spiro atoms. The largest absolute Gasteiger partial charge is 0.387 e. The first-order valence-electron chi connectivity index (χ1n) is 18.2. The monoisotopic (exact) mass is 758 g/mol. The number of likely N-dealkylation sites (tertiary alicyclic amines) is 1. The second-order valence-electron chi connectivity index (χ2n) is 13.7. The number of anilines is 2. The van der Waals surface area contributed by atoms with Gasteiger partial charge in [0.05, 0.1) is 35.2 Å². The van der Waals surface area contributed by atoms with Crippen LogP contribution in [0.25, 0.3) is 32.3 Å². The predicted octanol–water partition coefficient (Wildman–Crippen LogP) is 3.47. The van der Waals surface area contributed by atoms with E-state index in [-0.39, 0.29) is 24.7 Å². The van der Waals surface area contributed by atoms with Crippen LogP contribution < -0.4 is 20.9 Å². The molecule has 4 amide bonds. The molecule has 4 aromatic heterocycles. The van der Waals surface area contributed by atoms with Crippen molar-refractivity contribution in [3.63, 3.8) is 0 Å². The number of carbonyl (C=O) groups is 4. The van der Waals surface area contributed by atoms with Crippen molar-refractivity contribution in [1.82, 2.24) is 45.2 Å². The highest BCUT2D eigenvalue weighted by molar-refractivity contribution is 7.18. The zero-order valence-electron chi connectivity index (χ0n) is 30.1. The molecule has 16 nitrogen and oxygen atoms in total. The molecule has 7 heterocycles. The van der Waals surface area contributed by atoms with E-state index in [1.807, 2.05) is 36.3 Å². The fraction of sp³-hybridized carbons (Fsp3) is 0.342. The Kier molecular flexibility index (Phi) is 9.91. The highest BCUT2D eigenvalue weighted by atomic mass is 32.1. The fourth-order valence-electron chi connectivity index (χ4n) is 7.40. The van der Waals surface area contributed by atoms with Crippen LogP contribution in [0.3, 0.4) is 0 Å². The van der Waals surface area contributed by atoms with Crippen molar-refractivity contribution in [2.75, 3.05) is 56.5 Å². The number of piperazine rings is 1. The van der Waals surface area contributed by atoms with Gasteiger partial charge < -0.3 is 20.4 Å². The third-order valence-electron chi connectivity index (χ3n) is 10.5. The summed E-state index contributed by atoms with van der Waals surface area (Å²) >= 11 is 1.55. The molecule has 0 bridgehead atoms. The standard InChI is InChI=1S/C38H38N12O4S/c1-39-25-19-27-7-9-32(50(27)42-21-25)31-20-30(40-2)28(22-41-31)36-45-46-38(55-36)49-17-15-47(16-18-49)26-11-13-48(14-12-26)37(54)24-5-3-23(4-6-24)34(52)43-29-8-10-33(51)44-35(29)53/h3-7,9,19-22,26,29H,8,10-18H2,2H3,(H,40,41)(H,43,52)(H,44,51,53). The van der Waals surface area contributed by atoms with Crippen LogP contribution in [0.2, 0.25) is 0 Å². The van der Waals surface area contributed by atoms with Crippen molar-refractivity contribution in [2.24, 2.45) is 0 Å². The number of nitrogens with one attached hydrogen (secondary N) is 3. The summed E-state index contributed by atoms with van der Waals surface area (Å²) in [6, 6.07) is 13.8. The number of piperidine rings is 2. The third-order valence-corrected chi connectivity index (χ3v) is 11.5. The fourth-order valence-corrected chi connectivity index (χ4v) is 8.32. The Morgan fingerprint density at radius 3 is 2.42 bits per heavy atom. The van der Waals surface area contributed by atoms with E-state index in [4.69, 9.17) is 11.6 Å². The molecule has 0 aliphatic carbocycles. The highest BCUT2D eigenvalue weighted by Gasteiger charge is 2.31. The molecule has 3 aliphatic rings. The first kappa shape index (κ1) is 35.8. The van der Waals surface area contributed by atoms with Crippen LogP contribution in [0.4, 0.5) is 16.5 Å². The predicted molar refractivity (Wildman–Crippen MR) is 206 cm³/mol. The van der Waals surface area contributed by atoms with Gasteiger partial charge in [0.25, 0.3) is 11.8 Å². The number of rotatable bonds is 8. The maximum Gasteiger partial charge on any atom is 0.253 e. The van der Waals surface area contributed by atoms with Crippen LogP contribution in [-0.2, 0) is 9.59 Å². The highest BCUT2D eigenvalue weighted by Crippen LogP contribution is 2.36. The molecule has 3 N–H and O–H groups in total. The normalized spacial score (nSPS) is 18.2. The average Bonchev–Trinajstić information content (AvgIpc) is 3.89. The lowest BCUT2D eigenvalue weighted by atomic mass is 10.0. The minimum Gasteiger partial charge on any atom is -0.387 e. The van der Waals surface area contributed by atoms with Crippen LogP contribution in [0.15, 0.2) is 60.9 Å². The number of hydrogen-bond donors (Lipinski definition) is 3. The van der Waals surface area contributed by atoms with Crippen molar-refractivity contribution in [3.05, 3.63) is 83.5 Å². The Morgan fingerprint density at radius 1 is 0.927 bits per heavy atom. The number of fused-ring (bicyclic) bond motifs is 1. The summed E-state index contributed by atoms with van der Waals surface area (Å²) in [7, 11) is 1.87. The molecule has 0 saturated carbocycles. The molecule has 1 atom stereocenters. The zero-order valence-corrected chi connectivity index (χ0v) is 30.9. The maximum atomic E-state index is 13.3. The number of imide groups is 1. The molecular weight excluding hydrogens is 721 g/mol. The van der Waals surface area contributed by atoms with Gasteiger partial charge in [-0.15, -0.1) is 10.2 Å². The summed E-state index contributed by atoms with van der Waals surface area (Å²) in [5.74, 6) is -1.34. The topological polar surface area (TPSA) is 174 Å². The van der Waals surface area contributed by atoms with Gasteiger partial charge in [-0.25, -0.2) is 9.36 Å². The third kappa shape index (κ3) is 7.33. The van der Waals surface area contributed by atoms with Crippen molar-refractivity contribution in [3.8, 4) is 22.0 Å². The lowest BCUT2D eigenvalue weighted by Crippen LogP contribution is -2.53. The quantitative estimate of drug-likeness (QED) is 0.156. The molecule has 280 valence electrons. The van der Waals surface area contributed by atoms with Gasteiger partial charge in [-0.05, 0) is 67.8 Å². The number of amides is 4. The maximum absolute atomic E-state index is 13.3. The molecule has 55 heavy (non-hydrogen) atoms. The number of hydrogen-bond acceptors (Lipinski definition) is 12. The van der Waals surface area contributed by atoms with Gasteiger partial charge in [-0.1, -0.05) is 11.3 Å². The second kappa shape index (κ2) is 15.2. The van der Waals surface area contributed by atoms with E-state index < -0.39 is 17.9 Å². The molecule has 17 heteroatoms. The summed E-state index contributed by atoms with van der Waals surface area (Å²) in [6.07, 6.45) is 5.57. The van der Waals surface area contributed by atoms with Gasteiger partial charge in [0, 0.05) is 81.8 Å². The van der Waals surface area contributed by atoms with Crippen molar-refractivity contribution >= 4 is 57.0 Å². The number of benzene rings is 1. The number of pyridine rings is 1. The summed E-state index contributed by atoms with van der Waals surface area (Å²) in [5, 5.41) is 23.4. The van der Waals surface area contributed by atoms with E-state index in [1.54, 1.807) is 52.4 Å². The van der Waals surface area contributed by atoms with Gasteiger partial charge >= 0.3 is 0 Å². The van der Waals surface area contributed by atoms with Crippen LogP contribution in [0.5, 0.6) is 0 Å². The Hall–Kier alpha value is -6.25. The average molecular weight is 759 g/mol. The first-order valence-corrected chi connectivity index (χ1v) is 19.0. The Labute approximate surface area is 320 Å². The molecule has 5 aromatic rings. The SMILES string of the molecule is [C-]#[N+]c1cnn2c(-c3cc(NC)c(-c4nnc(N5CCN(C6CCN(C(=O)c7ccc(C(=O)NC8CCC(=O)NC8=O)cc7)CC6)CC5)s4)cn3)ccc2c1. The molecule has 3 saturated heterocycles. The molecular formula is C38H38N12O4S. The Morgan fingerprint density at radius 2 is 1.69 bits per heavy atom. The number of carbonyl (C=O) groups excluding carboxylic acids is 4. The molecule has 1 unspecified atom stereocenters. The van der Waals surface area contributed by atoms with Crippen LogP contribution >= 0.6 is 11.3 Å². The Bertz CT molecular complexity index is 2320. The van der Waals surface area contributed by atoms with Gasteiger partial charge in [-0.3, -0.25) is 34.4 Å². The van der Waals surface area contributed by atoms with E-state index in [0.717, 1.165) is 77.3 Å². The van der Waals surface area contributed by atoms with Crippen LogP contribution in [0.1, 0.15) is 46.4 Å². The summed E-state index contributed by atoms with van der Waals surface area (Å²) in [5.41, 5.74) is 5.49. The lowest BCUT2D eigenvalue weighted by Gasteiger charge is -2.42. The van der Waals surface area contributed by atoms with E-state index in [9.17, 15) is 19.2 Å². The first-order chi connectivity index (χ1) is 26.8. The smallest absolute Gasteiger partial charge is 0.253 e. The molecule has 3 aliphatic heterocycles.